The zero-order valence-electron chi connectivity index (χ0n) is 16.5. The molecular weight excluding hydrogens is 450 g/mol. The minimum atomic E-state index is -0.572. The molecular formula is C24H15Cl2FN4O. The first-order valence-corrected chi connectivity index (χ1v) is 10.7. The summed E-state index contributed by atoms with van der Waals surface area (Å²) in [5, 5.41) is 8.97. The predicted molar refractivity (Wildman–Crippen MR) is 121 cm³/mol. The van der Waals surface area contributed by atoms with E-state index in [4.69, 9.17) is 27.9 Å². The lowest BCUT2D eigenvalue weighted by Gasteiger charge is -2.39. The highest BCUT2D eigenvalue weighted by Crippen LogP contribution is 2.51. The van der Waals surface area contributed by atoms with Crippen LogP contribution in [0.1, 0.15) is 28.8 Å². The van der Waals surface area contributed by atoms with Crippen molar-refractivity contribution in [2.24, 2.45) is 0 Å². The number of hydrogen-bond donors (Lipinski definition) is 1. The fourth-order valence-electron chi connectivity index (χ4n) is 4.35. The maximum atomic E-state index is 15.1. The van der Waals surface area contributed by atoms with Crippen molar-refractivity contribution in [1.82, 2.24) is 14.8 Å². The van der Waals surface area contributed by atoms with E-state index in [0.717, 1.165) is 22.4 Å². The van der Waals surface area contributed by atoms with Crippen molar-refractivity contribution in [2.75, 3.05) is 5.32 Å². The largest absolute Gasteiger partial charge is 0.480 e. The molecule has 0 saturated heterocycles. The molecule has 3 heterocycles. The Balaban J connectivity index is 1.65. The number of aromatic nitrogens is 3. The summed E-state index contributed by atoms with van der Waals surface area (Å²) in [4.78, 5) is 4.35. The van der Waals surface area contributed by atoms with Gasteiger partial charge in [0.2, 0.25) is 5.95 Å². The minimum Gasteiger partial charge on any atom is -0.480 e. The van der Waals surface area contributed by atoms with Crippen molar-refractivity contribution in [3.63, 3.8) is 0 Å². The predicted octanol–water partition coefficient (Wildman–Crippen LogP) is 6.28. The van der Waals surface area contributed by atoms with Crippen LogP contribution >= 0.6 is 23.2 Å². The number of nitrogens with one attached hydrogen (secondary N) is 1. The van der Waals surface area contributed by atoms with Crippen LogP contribution in [0.4, 0.5) is 10.3 Å². The molecule has 2 aliphatic heterocycles. The van der Waals surface area contributed by atoms with Crippen LogP contribution < -0.4 is 10.1 Å². The number of anilines is 1. The van der Waals surface area contributed by atoms with Gasteiger partial charge in [-0.05, 0) is 42.0 Å². The summed E-state index contributed by atoms with van der Waals surface area (Å²) in [7, 11) is 0. The zero-order valence-corrected chi connectivity index (χ0v) is 18.0. The van der Waals surface area contributed by atoms with Gasteiger partial charge in [-0.25, -0.2) is 9.07 Å². The SMILES string of the molecule is Fc1ccccc1[C@@H]1C2=C(Nc3ncnn31)c1cc(Cl)ccc1O[C@@H]2c1ccc(Cl)cc1. The van der Waals surface area contributed by atoms with E-state index in [0.29, 0.717) is 27.3 Å². The van der Waals surface area contributed by atoms with Gasteiger partial charge >= 0.3 is 0 Å². The van der Waals surface area contributed by atoms with E-state index in [1.165, 1.54) is 12.4 Å². The second kappa shape index (κ2) is 7.36. The topological polar surface area (TPSA) is 52.0 Å². The summed E-state index contributed by atoms with van der Waals surface area (Å²) in [5.74, 6) is 0.847. The number of ether oxygens (including phenoxy) is 1. The number of fused-ring (bicyclic) bond motifs is 3. The number of rotatable bonds is 2. The second-order valence-corrected chi connectivity index (χ2v) is 8.47. The van der Waals surface area contributed by atoms with Gasteiger partial charge in [-0.15, -0.1) is 0 Å². The molecule has 2 aliphatic rings. The van der Waals surface area contributed by atoms with Crippen molar-refractivity contribution in [2.45, 2.75) is 12.1 Å². The van der Waals surface area contributed by atoms with E-state index in [1.54, 1.807) is 22.9 Å². The van der Waals surface area contributed by atoms with E-state index >= 15 is 4.39 Å². The molecule has 1 N–H and O–H groups in total. The molecule has 32 heavy (non-hydrogen) atoms. The molecule has 3 aromatic carbocycles. The molecule has 2 atom stereocenters. The molecule has 0 unspecified atom stereocenters. The molecule has 0 amide bonds. The summed E-state index contributed by atoms with van der Waals surface area (Å²) >= 11 is 12.5. The maximum absolute atomic E-state index is 15.1. The molecule has 0 bridgehead atoms. The Morgan fingerprint density at radius 1 is 0.969 bits per heavy atom. The number of benzene rings is 3. The smallest absolute Gasteiger partial charge is 0.226 e. The Labute approximate surface area is 193 Å². The van der Waals surface area contributed by atoms with E-state index < -0.39 is 12.1 Å². The quantitative estimate of drug-likeness (QED) is 0.379. The van der Waals surface area contributed by atoms with Crippen LogP contribution in [-0.2, 0) is 0 Å². The monoisotopic (exact) mass is 464 g/mol. The van der Waals surface area contributed by atoms with E-state index in [9.17, 15) is 0 Å². The van der Waals surface area contributed by atoms with Gasteiger partial charge in [-0.1, -0.05) is 53.5 Å². The van der Waals surface area contributed by atoms with Gasteiger partial charge in [0, 0.05) is 26.7 Å². The highest BCUT2D eigenvalue weighted by atomic mass is 35.5. The van der Waals surface area contributed by atoms with Crippen molar-refractivity contribution in [3.05, 3.63) is 111 Å². The Bertz CT molecular complexity index is 1380. The third-order valence-electron chi connectivity index (χ3n) is 5.75. The molecule has 0 spiro atoms. The molecule has 0 saturated carbocycles. The maximum Gasteiger partial charge on any atom is 0.226 e. The number of hydrogen-bond acceptors (Lipinski definition) is 4. The molecule has 4 aromatic rings. The van der Waals surface area contributed by atoms with E-state index in [1.807, 2.05) is 42.5 Å². The lowest BCUT2D eigenvalue weighted by atomic mass is 9.84. The Morgan fingerprint density at radius 3 is 2.56 bits per heavy atom. The van der Waals surface area contributed by atoms with Gasteiger partial charge < -0.3 is 10.1 Å². The Morgan fingerprint density at radius 2 is 1.75 bits per heavy atom. The Kier molecular flexibility index (Phi) is 4.45. The van der Waals surface area contributed by atoms with Crippen molar-refractivity contribution >= 4 is 34.8 Å². The van der Waals surface area contributed by atoms with Crippen LogP contribution in [0.3, 0.4) is 0 Å². The first kappa shape index (κ1) is 19.3. The third kappa shape index (κ3) is 2.98. The van der Waals surface area contributed by atoms with Crippen LogP contribution in [0.5, 0.6) is 5.75 Å². The molecule has 158 valence electrons. The average molecular weight is 465 g/mol. The lowest BCUT2D eigenvalue weighted by Crippen LogP contribution is -2.32. The molecule has 0 aliphatic carbocycles. The normalized spacial score (nSPS) is 18.8. The molecule has 0 radical (unpaired) electrons. The van der Waals surface area contributed by atoms with Gasteiger partial charge in [0.25, 0.3) is 0 Å². The minimum absolute atomic E-state index is 0.334. The molecule has 0 fully saturated rings. The fraction of sp³-hybridized carbons (Fsp3) is 0.0833. The lowest BCUT2D eigenvalue weighted by molar-refractivity contribution is 0.222. The standard InChI is InChI=1S/C24H15Cl2FN4O/c25-14-7-5-13(6-8-14)23-20-21(17-11-15(26)9-10-19(17)32-23)30-24-28-12-29-31(24)22(20)16-3-1-2-4-18(16)27/h1-12,22-23H,(H,28,29,30)/t22-,23-/m1/s1. The highest BCUT2D eigenvalue weighted by molar-refractivity contribution is 6.31. The van der Waals surface area contributed by atoms with Gasteiger partial charge in [0.05, 0.1) is 5.70 Å². The van der Waals surface area contributed by atoms with Gasteiger partial charge in [-0.3, -0.25) is 0 Å². The fourth-order valence-corrected chi connectivity index (χ4v) is 4.65. The van der Waals surface area contributed by atoms with Crippen LogP contribution in [0.2, 0.25) is 10.0 Å². The van der Waals surface area contributed by atoms with E-state index in [-0.39, 0.29) is 5.82 Å². The van der Waals surface area contributed by atoms with Crippen LogP contribution in [-0.4, -0.2) is 14.8 Å². The highest BCUT2D eigenvalue weighted by Gasteiger charge is 2.41. The third-order valence-corrected chi connectivity index (χ3v) is 6.24. The molecule has 1 aromatic heterocycles. The molecule has 6 rings (SSSR count). The van der Waals surface area contributed by atoms with Crippen LogP contribution in [0, 0.1) is 5.82 Å². The van der Waals surface area contributed by atoms with Crippen molar-refractivity contribution in [1.29, 1.82) is 0 Å². The van der Waals surface area contributed by atoms with Crippen LogP contribution in [0.25, 0.3) is 5.70 Å². The first-order chi connectivity index (χ1) is 15.6. The summed E-state index contributed by atoms with van der Waals surface area (Å²) in [6, 6.07) is 19.0. The van der Waals surface area contributed by atoms with E-state index in [2.05, 4.69) is 15.4 Å². The van der Waals surface area contributed by atoms with Gasteiger partial charge in [-0.2, -0.15) is 10.1 Å². The number of nitrogens with zero attached hydrogens (tertiary/aromatic N) is 3. The average Bonchev–Trinajstić information content (AvgIpc) is 3.27. The van der Waals surface area contributed by atoms with Crippen molar-refractivity contribution < 1.29 is 9.13 Å². The molecule has 8 heteroatoms. The zero-order chi connectivity index (χ0) is 21.8. The summed E-state index contributed by atoms with van der Waals surface area (Å²) in [6.07, 6.45) is 0.941. The summed E-state index contributed by atoms with van der Waals surface area (Å²) < 4.78 is 23.3. The second-order valence-electron chi connectivity index (χ2n) is 7.60. The number of halogens is 3. The van der Waals surface area contributed by atoms with Crippen LogP contribution in [0.15, 0.2) is 78.6 Å². The summed E-state index contributed by atoms with van der Waals surface area (Å²) in [6.45, 7) is 0. The van der Waals surface area contributed by atoms with Gasteiger partial charge in [0.1, 0.15) is 30.0 Å². The molecule has 5 nitrogen and oxygen atoms in total. The summed E-state index contributed by atoms with van der Waals surface area (Å²) in [5.41, 5.74) is 3.73. The first-order valence-electron chi connectivity index (χ1n) is 9.97. The Hall–Kier alpha value is -3.35. The van der Waals surface area contributed by atoms with Crippen molar-refractivity contribution in [3.8, 4) is 5.75 Å². The van der Waals surface area contributed by atoms with Gasteiger partial charge in [0.15, 0.2) is 0 Å².